The van der Waals surface area contributed by atoms with Crippen LogP contribution >= 0.6 is 12.2 Å². The van der Waals surface area contributed by atoms with Gasteiger partial charge < -0.3 is 19.5 Å². The minimum absolute atomic E-state index is 0.0490. The zero-order valence-corrected chi connectivity index (χ0v) is 22.8. The van der Waals surface area contributed by atoms with Gasteiger partial charge in [-0.1, -0.05) is 12.1 Å². The number of nitrogens with zero attached hydrogens (tertiary/aromatic N) is 3. The zero-order chi connectivity index (χ0) is 27.9. The number of anilines is 1. The van der Waals surface area contributed by atoms with Gasteiger partial charge in [-0.2, -0.15) is 13.2 Å². The second-order valence-corrected chi connectivity index (χ2v) is 10.3. The largest absolute Gasteiger partial charge is 0.491 e. The standard InChI is InChI=1S/C30H29F3N4OS/c1-18(2)38-24-13-11-22(12-14-24)37-28(27(35-29(37)39)26-10-5-6-15-34-26)25-16-19(3)36(20(25)4)23-9-7-8-21(17-23)30(31,32)33/h5-18,27-28H,1-4H3,(H,35,39)/t27-,28+/m1/s1. The molecule has 1 saturated heterocycles. The Kier molecular flexibility index (Phi) is 7.11. The van der Waals surface area contributed by atoms with Crippen LogP contribution in [0.2, 0.25) is 0 Å². The van der Waals surface area contributed by atoms with Crippen molar-refractivity contribution in [2.75, 3.05) is 4.90 Å². The monoisotopic (exact) mass is 550 g/mol. The van der Waals surface area contributed by atoms with Crippen LogP contribution in [0.15, 0.2) is 79.0 Å². The number of nitrogens with one attached hydrogen (secondary N) is 1. The van der Waals surface area contributed by atoms with E-state index in [2.05, 4.69) is 10.3 Å². The molecule has 2 aromatic heterocycles. The van der Waals surface area contributed by atoms with Crippen LogP contribution in [0.3, 0.4) is 0 Å². The number of hydrogen-bond donors (Lipinski definition) is 1. The van der Waals surface area contributed by atoms with Crippen LogP contribution < -0.4 is 15.0 Å². The number of halogens is 3. The average Bonchev–Trinajstić information content (AvgIpc) is 3.39. The Balaban J connectivity index is 1.63. The predicted molar refractivity (Wildman–Crippen MR) is 150 cm³/mol. The summed E-state index contributed by atoms with van der Waals surface area (Å²) in [6.07, 6.45) is -2.64. The van der Waals surface area contributed by atoms with E-state index in [1.165, 1.54) is 12.1 Å². The number of aromatic nitrogens is 2. The zero-order valence-electron chi connectivity index (χ0n) is 22.0. The SMILES string of the molecule is Cc1cc([C@H]2[C@@H](c3ccccn3)NC(=S)N2c2ccc(OC(C)C)cc2)c(C)n1-c1cccc(C(F)(F)F)c1. The topological polar surface area (TPSA) is 42.3 Å². The summed E-state index contributed by atoms with van der Waals surface area (Å²) >= 11 is 5.84. The highest BCUT2D eigenvalue weighted by molar-refractivity contribution is 7.80. The van der Waals surface area contributed by atoms with Gasteiger partial charge in [0, 0.05) is 29.0 Å². The molecule has 0 aliphatic carbocycles. The molecule has 2 atom stereocenters. The van der Waals surface area contributed by atoms with Gasteiger partial charge in [0.25, 0.3) is 0 Å². The molecule has 0 bridgehead atoms. The van der Waals surface area contributed by atoms with E-state index in [1.54, 1.807) is 12.3 Å². The Morgan fingerprint density at radius 2 is 1.69 bits per heavy atom. The van der Waals surface area contributed by atoms with E-state index in [9.17, 15) is 13.2 Å². The molecule has 202 valence electrons. The van der Waals surface area contributed by atoms with Crippen LogP contribution in [0.5, 0.6) is 5.75 Å². The number of alkyl halides is 3. The number of ether oxygens (including phenoxy) is 1. The van der Waals surface area contributed by atoms with Gasteiger partial charge in [0.2, 0.25) is 0 Å². The van der Waals surface area contributed by atoms with Crippen LogP contribution in [0, 0.1) is 13.8 Å². The van der Waals surface area contributed by atoms with Crippen molar-refractivity contribution < 1.29 is 17.9 Å². The van der Waals surface area contributed by atoms with Gasteiger partial charge in [0.1, 0.15) is 5.75 Å². The van der Waals surface area contributed by atoms with Crippen molar-refractivity contribution >= 4 is 23.0 Å². The fraction of sp³-hybridized carbons (Fsp3) is 0.267. The number of benzene rings is 2. The molecule has 39 heavy (non-hydrogen) atoms. The molecule has 1 N–H and O–H groups in total. The molecule has 0 spiro atoms. The Bertz CT molecular complexity index is 1480. The van der Waals surface area contributed by atoms with E-state index in [4.69, 9.17) is 17.0 Å². The van der Waals surface area contributed by atoms with Gasteiger partial charge in [0.15, 0.2) is 5.11 Å². The van der Waals surface area contributed by atoms with Crippen LogP contribution in [-0.2, 0) is 6.18 Å². The fourth-order valence-electron chi connectivity index (χ4n) is 5.21. The van der Waals surface area contributed by atoms with Gasteiger partial charge in [-0.3, -0.25) is 4.98 Å². The van der Waals surface area contributed by atoms with Crippen molar-refractivity contribution in [3.05, 3.63) is 107 Å². The van der Waals surface area contributed by atoms with E-state index in [-0.39, 0.29) is 18.2 Å². The van der Waals surface area contributed by atoms with E-state index in [0.29, 0.717) is 10.8 Å². The highest BCUT2D eigenvalue weighted by atomic mass is 32.1. The maximum atomic E-state index is 13.5. The molecule has 5 nitrogen and oxygen atoms in total. The molecule has 3 heterocycles. The van der Waals surface area contributed by atoms with Crippen molar-refractivity contribution in [3.63, 3.8) is 0 Å². The summed E-state index contributed by atoms with van der Waals surface area (Å²) in [5, 5.41) is 3.98. The van der Waals surface area contributed by atoms with Gasteiger partial charge in [-0.25, -0.2) is 0 Å². The molecule has 4 aromatic rings. The summed E-state index contributed by atoms with van der Waals surface area (Å²) < 4.78 is 48.2. The van der Waals surface area contributed by atoms with Gasteiger partial charge >= 0.3 is 6.18 Å². The third-order valence-corrected chi connectivity index (χ3v) is 7.12. The maximum absolute atomic E-state index is 13.5. The molecule has 1 aliphatic heterocycles. The highest BCUT2D eigenvalue weighted by Crippen LogP contribution is 2.44. The molecule has 5 rings (SSSR count). The Hall–Kier alpha value is -3.85. The van der Waals surface area contributed by atoms with E-state index in [0.717, 1.165) is 40.1 Å². The smallest absolute Gasteiger partial charge is 0.416 e. The number of hydrogen-bond acceptors (Lipinski definition) is 3. The van der Waals surface area contributed by atoms with E-state index < -0.39 is 11.7 Å². The van der Waals surface area contributed by atoms with E-state index in [1.807, 2.05) is 85.7 Å². The molecular formula is C30H29F3N4OS. The van der Waals surface area contributed by atoms with Crippen molar-refractivity contribution in [2.24, 2.45) is 0 Å². The Labute approximate surface area is 231 Å². The molecule has 0 radical (unpaired) electrons. The minimum atomic E-state index is -4.43. The highest BCUT2D eigenvalue weighted by Gasteiger charge is 2.42. The van der Waals surface area contributed by atoms with Gasteiger partial charge in [0.05, 0.1) is 29.4 Å². The lowest BCUT2D eigenvalue weighted by Gasteiger charge is -2.28. The summed E-state index contributed by atoms with van der Waals surface area (Å²) in [6.45, 7) is 7.77. The van der Waals surface area contributed by atoms with Crippen LogP contribution in [0.1, 0.15) is 54.1 Å². The Morgan fingerprint density at radius 1 is 0.949 bits per heavy atom. The molecule has 0 saturated carbocycles. The third-order valence-electron chi connectivity index (χ3n) is 6.81. The first-order chi connectivity index (χ1) is 18.5. The second kappa shape index (κ2) is 10.4. The fourth-order valence-corrected chi connectivity index (χ4v) is 5.56. The quantitative estimate of drug-likeness (QED) is 0.252. The van der Waals surface area contributed by atoms with Crippen molar-refractivity contribution in [2.45, 2.75) is 52.1 Å². The summed E-state index contributed by atoms with van der Waals surface area (Å²) in [4.78, 5) is 6.65. The van der Waals surface area contributed by atoms with Crippen LogP contribution in [-0.4, -0.2) is 20.8 Å². The normalized spacial score (nSPS) is 17.5. The third kappa shape index (κ3) is 5.23. The summed E-state index contributed by atoms with van der Waals surface area (Å²) in [6, 6.07) is 20.3. The molecule has 1 fully saturated rings. The van der Waals surface area contributed by atoms with Gasteiger partial charge in [-0.05, 0) is 106 Å². The molecule has 2 aromatic carbocycles. The summed E-state index contributed by atoms with van der Waals surface area (Å²) in [5.74, 6) is 0.757. The first-order valence-corrected chi connectivity index (χ1v) is 13.1. The lowest BCUT2D eigenvalue weighted by Crippen LogP contribution is -2.29. The second-order valence-electron chi connectivity index (χ2n) is 9.87. The number of rotatable bonds is 6. The van der Waals surface area contributed by atoms with Gasteiger partial charge in [-0.15, -0.1) is 0 Å². The van der Waals surface area contributed by atoms with Crippen molar-refractivity contribution in [1.82, 2.24) is 14.9 Å². The molecule has 1 aliphatic rings. The van der Waals surface area contributed by atoms with Crippen molar-refractivity contribution in [3.8, 4) is 11.4 Å². The van der Waals surface area contributed by atoms with Crippen molar-refractivity contribution in [1.29, 1.82) is 0 Å². The Morgan fingerprint density at radius 3 is 2.33 bits per heavy atom. The predicted octanol–water partition coefficient (Wildman–Crippen LogP) is 7.47. The van der Waals surface area contributed by atoms with Crippen LogP contribution in [0.4, 0.5) is 18.9 Å². The minimum Gasteiger partial charge on any atom is -0.491 e. The summed E-state index contributed by atoms with van der Waals surface area (Å²) in [5.41, 5.74) is 4.04. The molecular weight excluding hydrogens is 521 g/mol. The lowest BCUT2D eigenvalue weighted by atomic mass is 9.96. The molecule has 9 heteroatoms. The first kappa shape index (κ1) is 26.7. The number of thiocarbonyl (C=S) groups is 1. The lowest BCUT2D eigenvalue weighted by molar-refractivity contribution is -0.137. The first-order valence-electron chi connectivity index (χ1n) is 12.7. The molecule has 0 unspecified atom stereocenters. The number of pyridine rings is 1. The molecule has 0 amide bonds. The number of aryl methyl sites for hydroxylation is 1. The van der Waals surface area contributed by atoms with E-state index >= 15 is 0 Å². The van der Waals surface area contributed by atoms with Crippen LogP contribution in [0.25, 0.3) is 5.69 Å². The summed E-state index contributed by atoms with van der Waals surface area (Å²) in [7, 11) is 0. The average molecular weight is 551 g/mol. The maximum Gasteiger partial charge on any atom is 0.416 e.